The molecule has 0 amide bonds. The number of nitrogens with zero attached hydrogens (tertiary/aromatic N) is 3. The molecule has 0 bridgehead atoms. The van der Waals surface area contributed by atoms with Crippen LogP contribution in [0.2, 0.25) is 0 Å². The summed E-state index contributed by atoms with van der Waals surface area (Å²) in [7, 11) is 1.79. The minimum absolute atomic E-state index is 0.167. The maximum Gasteiger partial charge on any atom is 0.347 e. The predicted octanol–water partition coefficient (Wildman–Crippen LogP) is 4.09. The van der Waals surface area contributed by atoms with Gasteiger partial charge < -0.3 is 19.4 Å². The lowest BCUT2D eigenvalue weighted by atomic mass is 10.1. The first-order valence-corrected chi connectivity index (χ1v) is 10.1. The standard InChI is InChI=1S/C24H25N3O6/c1-16-20(21(27(4)26-16)32-19-8-6-5-7-9-19)14-25-31-15-17-10-12-18(13-11-17)22(28)33-24(2,3)23(29)30/h5-14H,15H2,1-4H3,(H,29,30)/b25-14+. The zero-order valence-electron chi connectivity index (χ0n) is 18.8. The number of hydrogen-bond acceptors (Lipinski definition) is 7. The number of aliphatic carboxylic acids is 1. The lowest BCUT2D eigenvalue weighted by Gasteiger charge is -2.19. The molecule has 1 aromatic heterocycles. The molecule has 3 aromatic rings. The van der Waals surface area contributed by atoms with Gasteiger partial charge in [0, 0.05) is 7.05 Å². The second-order valence-electron chi connectivity index (χ2n) is 7.75. The van der Waals surface area contributed by atoms with Crippen molar-refractivity contribution in [2.45, 2.75) is 33.0 Å². The Bertz CT molecular complexity index is 1150. The Morgan fingerprint density at radius 2 is 1.79 bits per heavy atom. The summed E-state index contributed by atoms with van der Waals surface area (Å²) < 4.78 is 12.6. The van der Waals surface area contributed by atoms with Crippen LogP contribution in [0.25, 0.3) is 0 Å². The largest absolute Gasteiger partial charge is 0.478 e. The van der Waals surface area contributed by atoms with Gasteiger partial charge in [-0.15, -0.1) is 0 Å². The zero-order chi connectivity index (χ0) is 24.0. The van der Waals surface area contributed by atoms with E-state index in [-0.39, 0.29) is 12.2 Å². The lowest BCUT2D eigenvalue weighted by molar-refractivity contribution is -0.155. The fourth-order valence-corrected chi connectivity index (χ4v) is 2.80. The van der Waals surface area contributed by atoms with Gasteiger partial charge in [-0.2, -0.15) is 5.10 Å². The predicted molar refractivity (Wildman–Crippen MR) is 120 cm³/mol. The van der Waals surface area contributed by atoms with Crippen molar-refractivity contribution in [3.63, 3.8) is 0 Å². The summed E-state index contributed by atoms with van der Waals surface area (Å²) in [5.41, 5.74) is 0.833. The number of esters is 1. The number of ether oxygens (including phenoxy) is 2. The highest BCUT2D eigenvalue weighted by Crippen LogP contribution is 2.25. The van der Waals surface area contributed by atoms with Gasteiger partial charge >= 0.3 is 11.9 Å². The maximum atomic E-state index is 12.1. The average molecular weight is 451 g/mol. The van der Waals surface area contributed by atoms with Gasteiger partial charge in [0.15, 0.2) is 0 Å². The molecule has 1 heterocycles. The van der Waals surface area contributed by atoms with E-state index in [0.29, 0.717) is 17.2 Å². The van der Waals surface area contributed by atoms with Crippen molar-refractivity contribution in [1.29, 1.82) is 0 Å². The van der Waals surface area contributed by atoms with Crippen LogP contribution in [0.4, 0.5) is 0 Å². The van der Waals surface area contributed by atoms with Crippen molar-refractivity contribution in [3.8, 4) is 11.6 Å². The number of carboxylic acids is 1. The van der Waals surface area contributed by atoms with E-state index < -0.39 is 17.5 Å². The van der Waals surface area contributed by atoms with Crippen molar-refractivity contribution in [3.05, 3.63) is 77.0 Å². The molecule has 0 spiro atoms. The number of carboxylic acid groups (broad SMARTS) is 1. The number of oxime groups is 1. The van der Waals surface area contributed by atoms with Crippen molar-refractivity contribution < 1.29 is 29.0 Å². The van der Waals surface area contributed by atoms with E-state index in [0.717, 1.165) is 11.3 Å². The first-order chi connectivity index (χ1) is 15.7. The Morgan fingerprint density at radius 1 is 1.12 bits per heavy atom. The highest BCUT2D eigenvalue weighted by molar-refractivity contribution is 5.92. The third kappa shape index (κ3) is 5.97. The number of aromatic nitrogens is 2. The van der Waals surface area contributed by atoms with Gasteiger partial charge in [0.05, 0.1) is 23.0 Å². The van der Waals surface area contributed by atoms with E-state index in [1.165, 1.54) is 13.8 Å². The molecule has 0 fully saturated rings. The molecule has 0 aliphatic carbocycles. The molecule has 172 valence electrons. The molecule has 0 saturated heterocycles. The summed E-state index contributed by atoms with van der Waals surface area (Å²) in [6, 6.07) is 15.8. The molecule has 0 atom stereocenters. The number of para-hydroxylation sites is 1. The highest BCUT2D eigenvalue weighted by Gasteiger charge is 2.32. The van der Waals surface area contributed by atoms with E-state index in [1.807, 2.05) is 37.3 Å². The minimum atomic E-state index is -1.61. The molecule has 2 aromatic carbocycles. The average Bonchev–Trinajstić information content (AvgIpc) is 3.04. The Morgan fingerprint density at radius 3 is 2.42 bits per heavy atom. The van der Waals surface area contributed by atoms with E-state index >= 15 is 0 Å². The van der Waals surface area contributed by atoms with E-state index in [2.05, 4.69) is 10.3 Å². The summed E-state index contributed by atoms with van der Waals surface area (Å²) in [5, 5.41) is 17.5. The van der Waals surface area contributed by atoms with Gasteiger partial charge in [-0.05, 0) is 50.6 Å². The number of aryl methyl sites for hydroxylation is 2. The first-order valence-electron chi connectivity index (χ1n) is 10.1. The van der Waals surface area contributed by atoms with Gasteiger partial charge in [-0.25, -0.2) is 14.3 Å². The number of benzene rings is 2. The molecule has 3 rings (SSSR count). The summed E-state index contributed by atoms with van der Waals surface area (Å²) >= 11 is 0. The van der Waals surface area contributed by atoms with Crippen LogP contribution in [-0.4, -0.2) is 38.6 Å². The van der Waals surface area contributed by atoms with Gasteiger partial charge in [0.1, 0.15) is 12.4 Å². The second kappa shape index (κ2) is 9.99. The highest BCUT2D eigenvalue weighted by atomic mass is 16.6. The molecule has 0 saturated carbocycles. The van der Waals surface area contributed by atoms with Gasteiger partial charge in [-0.3, -0.25) is 0 Å². The summed E-state index contributed by atoms with van der Waals surface area (Å²) in [5.74, 6) is -0.717. The second-order valence-corrected chi connectivity index (χ2v) is 7.75. The van der Waals surface area contributed by atoms with Crippen molar-refractivity contribution in [1.82, 2.24) is 9.78 Å². The molecule has 9 heteroatoms. The van der Waals surface area contributed by atoms with E-state index in [9.17, 15) is 9.59 Å². The van der Waals surface area contributed by atoms with Gasteiger partial charge in [-0.1, -0.05) is 35.5 Å². The van der Waals surface area contributed by atoms with Crippen LogP contribution in [0.3, 0.4) is 0 Å². The van der Waals surface area contributed by atoms with Gasteiger partial charge in [0.25, 0.3) is 0 Å². The van der Waals surface area contributed by atoms with Crippen LogP contribution in [0.5, 0.6) is 11.6 Å². The molecule has 0 aliphatic rings. The smallest absolute Gasteiger partial charge is 0.347 e. The Labute approximate surface area is 191 Å². The third-order valence-electron chi connectivity index (χ3n) is 4.71. The van der Waals surface area contributed by atoms with Crippen LogP contribution < -0.4 is 4.74 Å². The molecular weight excluding hydrogens is 426 g/mol. The fraction of sp³-hybridized carbons (Fsp3) is 0.250. The Hall–Kier alpha value is -4.14. The van der Waals surface area contributed by atoms with Crippen molar-refractivity contribution in [2.75, 3.05) is 0 Å². The molecule has 1 N–H and O–H groups in total. The fourth-order valence-electron chi connectivity index (χ4n) is 2.80. The summed E-state index contributed by atoms with van der Waals surface area (Å²) in [6.45, 7) is 4.64. The first kappa shape index (κ1) is 23.5. The Kier molecular flexibility index (Phi) is 7.12. The number of carbonyl (C=O) groups excluding carboxylic acids is 1. The third-order valence-corrected chi connectivity index (χ3v) is 4.71. The van der Waals surface area contributed by atoms with Crippen molar-refractivity contribution in [2.24, 2.45) is 12.2 Å². The van der Waals surface area contributed by atoms with E-state index in [4.69, 9.17) is 19.4 Å². The van der Waals surface area contributed by atoms with E-state index in [1.54, 1.807) is 42.2 Å². The van der Waals surface area contributed by atoms with Crippen LogP contribution in [-0.2, 0) is 28.0 Å². The molecule has 9 nitrogen and oxygen atoms in total. The topological polar surface area (TPSA) is 112 Å². The van der Waals surface area contributed by atoms with Gasteiger partial charge in [0.2, 0.25) is 11.5 Å². The monoisotopic (exact) mass is 451 g/mol. The van der Waals surface area contributed by atoms with Crippen LogP contribution in [0.15, 0.2) is 59.8 Å². The molecule has 0 unspecified atom stereocenters. The molecule has 0 radical (unpaired) electrons. The lowest BCUT2D eigenvalue weighted by Crippen LogP contribution is -2.37. The van der Waals surface area contributed by atoms with Crippen molar-refractivity contribution >= 4 is 18.2 Å². The Balaban J connectivity index is 1.60. The SMILES string of the molecule is Cc1nn(C)c(Oc2ccccc2)c1/C=N/OCc1ccc(C(=O)OC(C)(C)C(=O)O)cc1. The molecule has 0 aliphatic heterocycles. The maximum absolute atomic E-state index is 12.1. The number of rotatable bonds is 9. The minimum Gasteiger partial charge on any atom is -0.478 e. The quantitative estimate of drug-likeness (QED) is 0.296. The number of carbonyl (C=O) groups is 2. The summed E-state index contributed by atoms with van der Waals surface area (Å²) in [6.07, 6.45) is 1.54. The van der Waals surface area contributed by atoms with Crippen LogP contribution in [0.1, 0.15) is 41.0 Å². The zero-order valence-corrected chi connectivity index (χ0v) is 18.8. The molecule has 33 heavy (non-hydrogen) atoms. The molecular formula is C24H25N3O6. The van der Waals surface area contributed by atoms with Crippen LogP contribution in [0, 0.1) is 6.92 Å². The number of hydrogen-bond donors (Lipinski definition) is 1. The van der Waals surface area contributed by atoms with Crippen LogP contribution >= 0.6 is 0 Å². The summed E-state index contributed by atoms with van der Waals surface area (Å²) in [4.78, 5) is 28.6. The normalized spacial score (nSPS) is 11.4.